The van der Waals surface area contributed by atoms with Gasteiger partial charge < -0.3 is 9.52 Å². The molecule has 1 aromatic carbocycles. The summed E-state index contributed by atoms with van der Waals surface area (Å²) in [5.41, 5.74) is -3.43. The van der Waals surface area contributed by atoms with Crippen LogP contribution in [0.15, 0.2) is 21.4 Å². The first-order chi connectivity index (χ1) is 11.1. The summed E-state index contributed by atoms with van der Waals surface area (Å²) in [4.78, 5) is 23.3. The van der Waals surface area contributed by atoms with Crippen molar-refractivity contribution in [2.24, 2.45) is 0 Å². The maximum Gasteiger partial charge on any atom is 0.351 e. The van der Waals surface area contributed by atoms with Crippen LogP contribution in [0.4, 0.5) is 22.0 Å². The van der Waals surface area contributed by atoms with Crippen LogP contribution in [0.5, 0.6) is 5.75 Å². The molecule has 24 heavy (non-hydrogen) atoms. The number of benzene rings is 1. The van der Waals surface area contributed by atoms with Gasteiger partial charge >= 0.3 is 5.63 Å². The van der Waals surface area contributed by atoms with Gasteiger partial charge in [0.1, 0.15) is 17.1 Å². The van der Waals surface area contributed by atoms with Crippen molar-refractivity contribution >= 4 is 11.9 Å². The van der Waals surface area contributed by atoms with Gasteiger partial charge in [0, 0.05) is 6.07 Å². The number of aryl methyl sites for hydroxylation is 1. The number of hydrogen-bond donors (Lipinski definition) is 1. The molecular weight excluding hydrogens is 339 g/mol. The minimum Gasteiger partial charge on any atom is -0.507 e. The zero-order valence-electron chi connectivity index (χ0n) is 11.8. The third kappa shape index (κ3) is 2.92. The van der Waals surface area contributed by atoms with Crippen LogP contribution in [0.25, 0.3) is 6.08 Å². The molecule has 9 heteroatoms. The van der Waals surface area contributed by atoms with Gasteiger partial charge in [0.05, 0.1) is 5.56 Å². The second kappa shape index (κ2) is 6.26. The Kier molecular flexibility index (Phi) is 4.54. The first-order valence-corrected chi connectivity index (χ1v) is 6.22. The van der Waals surface area contributed by atoms with Crippen molar-refractivity contribution in [3.63, 3.8) is 0 Å². The van der Waals surface area contributed by atoms with E-state index in [0.717, 1.165) is 6.07 Å². The molecule has 0 aliphatic rings. The Morgan fingerprint density at radius 2 is 1.54 bits per heavy atom. The van der Waals surface area contributed by atoms with Crippen molar-refractivity contribution in [3.05, 3.63) is 68.5 Å². The quantitative estimate of drug-likeness (QED) is 0.305. The van der Waals surface area contributed by atoms with E-state index in [1.807, 2.05) is 0 Å². The van der Waals surface area contributed by atoms with Gasteiger partial charge in [-0.25, -0.2) is 26.7 Å². The molecule has 0 aliphatic heterocycles. The van der Waals surface area contributed by atoms with E-state index < -0.39 is 57.4 Å². The Morgan fingerprint density at radius 1 is 1.04 bits per heavy atom. The zero-order chi connectivity index (χ0) is 18.2. The molecular formula is C15H7F5O4. The Labute approximate surface area is 130 Å². The normalized spacial score (nSPS) is 11.2. The molecule has 1 N–H and O–H groups in total. The summed E-state index contributed by atoms with van der Waals surface area (Å²) in [5.74, 6) is -13.0. The Balaban J connectivity index is 2.50. The van der Waals surface area contributed by atoms with Crippen LogP contribution in [0.1, 0.15) is 21.7 Å². The van der Waals surface area contributed by atoms with Crippen molar-refractivity contribution < 1.29 is 36.3 Å². The van der Waals surface area contributed by atoms with Crippen molar-refractivity contribution in [1.82, 2.24) is 0 Å². The van der Waals surface area contributed by atoms with E-state index in [-0.39, 0.29) is 5.76 Å². The molecule has 1 heterocycles. The van der Waals surface area contributed by atoms with Gasteiger partial charge in [0.2, 0.25) is 5.82 Å². The number of carbonyl (C=O) groups is 1. The van der Waals surface area contributed by atoms with Crippen LogP contribution >= 0.6 is 0 Å². The van der Waals surface area contributed by atoms with Gasteiger partial charge in [-0.3, -0.25) is 4.79 Å². The van der Waals surface area contributed by atoms with Crippen molar-refractivity contribution in [2.75, 3.05) is 0 Å². The van der Waals surface area contributed by atoms with E-state index in [2.05, 4.69) is 4.42 Å². The standard InChI is InChI=1S/C15H7F5O4/c1-5-4-8(22)9(15(23)24-5)7(21)3-2-6-10(16)12(18)14(20)13(19)11(6)17/h2-4,22H,1H3. The molecule has 0 aliphatic carbocycles. The SMILES string of the molecule is Cc1cc(O)c(C(=O)C=Cc2c(F)c(F)c(F)c(F)c2F)c(=O)o1. The maximum atomic E-state index is 13.5. The van der Waals surface area contributed by atoms with Crippen LogP contribution in [0.3, 0.4) is 0 Å². The van der Waals surface area contributed by atoms with Crippen LogP contribution in [-0.4, -0.2) is 10.9 Å². The summed E-state index contributed by atoms with van der Waals surface area (Å²) in [7, 11) is 0. The van der Waals surface area contributed by atoms with E-state index >= 15 is 0 Å². The number of rotatable bonds is 3. The Bertz CT molecular complexity index is 901. The smallest absolute Gasteiger partial charge is 0.351 e. The highest BCUT2D eigenvalue weighted by atomic mass is 19.2. The Hall–Kier alpha value is -2.97. The molecule has 0 spiro atoms. The molecule has 0 saturated heterocycles. The third-order valence-electron chi connectivity index (χ3n) is 2.95. The lowest BCUT2D eigenvalue weighted by atomic mass is 10.1. The monoisotopic (exact) mass is 346 g/mol. The van der Waals surface area contributed by atoms with Crippen LogP contribution in [-0.2, 0) is 0 Å². The average molecular weight is 346 g/mol. The van der Waals surface area contributed by atoms with Gasteiger partial charge in [0.25, 0.3) is 0 Å². The number of halogens is 5. The second-order valence-electron chi connectivity index (χ2n) is 4.59. The van der Waals surface area contributed by atoms with Crippen molar-refractivity contribution in [1.29, 1.82) is 0 Å². The molecule has 0 atom stereocenters. The summed E-state index contributed by atoms with van der Waals surface area (Å²) < 4.78 is 70.5. The highest BCUT2D eigenvalue weighted by Gasteiger charge is 2.24. The summed E-state index contributed by atoms with van der Waals surface area (Å²) in [6.45, 7) is 1.32. The molecule has 0 unspecified atom stereocenters. The minimum atomic E-state index is -2.34. The first-order valence-electron chi connectivity index (χ1n) is 6.22. The van der Waals surface area contributed by atoms with Crippen molar-refractivity contribution in [3.8, 4) is 5.75 Å². The maximum absolute atomic E-state index is 13.5. The van der Waals surface area contributed by atoms with E-state index in [1.165, 1.54) is 6.92 Å². The summed E-state index contributed by atoms with van der Waals surface area (Å²) in [5, 5.41) is 9.54. The lowest BCUT2D eigenvalue weighted by molar-refractivity contribution is 0.104. The van der Waals surface area contributed by atoms with Gasteiger partial charge in [0.15, 0.2) is 29.1 Å². The summed E-state index contributed by atoms with van der Waals surface area (Å²) in [6, 6.07) is 0.945. The highest BCUT2D eigenvalue weighted by molar-refractivity contribution is 6.08. The molecule has 0 radical (unpaired) electrons. The number of aromatic hydroxyl groups is 1. The van der Waals surface area contributed by atoms with Crippen LogP contribution in [0.2, 0.25) is 0 Å². The fraction of sp³-hybridized carbons (Fsp3) is 0.0667. The second-order valence-corrected chi connectivity index (χ2v) is 4.59. The fourth-order valence-corrected chi connectivity index (χ4v) is 1.83. The number of hydrogen-bond acceptors (Lipinski definition) is 4. The highest BCUT2D eigenvalue weighted by Crippen LogP contribution is 2.24. The van der Waals surface area contributed by atoms with E-state index in [1.54, 1.807) is 0 Å². The lowest BCUT2D eigenvalue weighted by Gasteiger charge is -2.04. The minimum absolute atomic E-state index is 0.00204. The molecule has 2 rings (SSSR count). The number of allylic oxidation sites excluding steroid dienone is 1. The van der Waals surface area contributed by atoms with E-state index in [4.69, 9.17) is 0 Å². The van der Waals surface area contributed by atoms with Crippen molar-refractivity contribution in [2.45, 2.75) is 6.92 Å². The molecule has 2 aromatic rings. The predicted molar refractivity (Wildman–Crippen MR) is 71.0 cm³/mol. The molecule has 0 bridgehead atoms. The lowest BCUT2D eigenvalue weighted by Crippen LogP contribution is -2.13. The topological polar surface area (TPSA) is 67.5 Å². The van der Waals surface area contributed by atoms with Crippen LogP contribution < -0.4 is 5.63 Å². The average Bonchev–Trinajstić information content (AvgIpc) is 2.50. The molecule has 0 amide bonds. The molecule has 126 valence electrons. The Morgan fingerprint density at radius 3 is 2.04 bits per heavy atom. The number of carbonyl (C=O) groups excluding carboxylic acids is 1. The zero-order valence-corrected chi connectivity index (χ0v) is 11.8. The third-order valence-corrected chi connectivity index (χ3v) is 2.95. The fourth-order valence-electron chi connectivity index (χ4n) is 1.83. The van der Waals surface area contributed by atoms with Gasteiger partial charge in [-0.15, -0.1) is 0 Å². The van der Waals surface area contributed by atoms with E-state index in [0.29, 0.717) is 12.2 Å². The first kappa shape index (κ1) is 17.4. The summed E-state index contributed by atoms with van der Waals surface area (Å²) >= 11 is 0. The predicted octanol–water partition coefficient (Wildman–Crippen LogP) is 3.25. The molecule has 4 nitrogen and oxygen atoms in total. The molecule has 0 fully saturated rings. The molecule has 1 aromatic heterocycles. The largest absolute Gasteiger partial charge is 0.507 e. The van der Waals surface area contributed by atoms with Gasteiger partial charge in [-0.1, -0.05) is 0 Å². The van der Waals surface area contributed by atoms with Gasteiger partial charge in [-0.05, 0) is 19.1 Å². The van der Waals surface area contributed by atoms with Gasteiger partial charge in [-0.2, -0.15) is 0 Å². The van der Waals surface area contributed by atoms with Crippen LogP contribution in [0, 0.1) is 36.0 Å². The summed E-state index contributed by atoms with van der Waals surface area (Å²) in [6.07, 6.45) is 0.678. The number of ketones is 1. The molecule has 0 saturated carbocycles. The van der Waals surface area contributed by atoms with E-state index in [9.17, 15) is 36.6 Å².